The maximum atomic E-state index is 14.2. The van der Waals surface area contributed by atoms with Crippen molar-refractivity contribution in [2.24, 2.45) is 5.73 Å². The summed E-state index contributed by atoms with van der Waals surface area (Å²) in [5.74, 6) is -0.433. The van der Waals surface area contributed by atoms with Crippen LogP contribution in [0.3, 0.4) is 0 Å². The van der Waals surface area contributed by atoms with Crippen LogP contribution in [-0.2, 0) is 0 Å². The summed E-state index contributed by atoms with van der Waals surface area (Å²) in [4.78, 5) is 27.1. The molecule has 1 heterocycles. The fourth-order valence-electron chi connectivity index (χ4n) is 2.49. The average Bonchev–Trinajstić information content (AvgIpc) is 2.69. The molecule has 0 radical (unpaired) electrons. The number of fused-ring (bicyclic) bond motifs is 1. The van der Waals surface area contributed by atoms with Crippen LogP contribution in [0.25, 0.3) is 10.9 Å². The number of carbonyl (C=O) groups excluding carboxylic acids is 2. The Morgan fingerprint density at radius 2 is 1.86 bits per heavy atom. The molecule has 1 aromatic heterocycles. The molecular formula is C19H17FN4O4. The minimum Gasteiger partial charge on any atom is -0.497 e. The van der Waals surface area contributed by atoms with Gasteiger partial charge in [0, 0.05) is 30.6 Å². The van der Waals surface area contributed by atoms with Gasteiger partial charge in [-0.1, -0.05) is 0 Å². The predicted molar refractivity (Wildman–Crippen MR) is 101 cm³/mol. The Bertz CT molecular complexity index is 1070. The number of pyridine rings is 1. The molecule has 0 aliphatic heterocycles. The van der Waals surface area contributed by atoms with Gasteiger partial charge in [-0.25, -0.2) is 14.2 Å². The lowest BCUT2D eigenvalue weighted by molar-refractivity contribution is 0.0995. The Hall–Kier alpha value is -3.88. The number of hydrogen-bond acceptors (Lipinski definition) is 5. The lowest BCUT2D eigenvalue weighted by atomic mass is 10.1. The first-order valence-corrected chi connectivity index (χ1v) is 8.16. The second kappa shape index (κ2) is 7.78. The predicted octanol–water partition coefficient (Wildman–Crippen LogP) is 3.03. The number of carbonyl (C=O) groups is 2. The fraction of sp³-hybridized carbons (Fsp3) is 0.105. The average molecular weight is 384 g/mol. The molecule has 0 aliphatic carbocycles. The molecule has 0 saturated carbocycles. The third-order valence-electron chi connectivity index (χ3n) is 3.88. The van der Waals surface area contributed by atoms with Crippen LogP contribution < -0.4 is 25.8 Å². The van der Waals surface area contributed by atoms with E-state index in [-0.39, 0.29) is 22.9 Å². The van der Waals surface area contributed by atoms with E-state index in [0.29, 0.717) is 16.7 Å². The van der Waals surface area contributed by atoms with Crippen LogP contribution in [0.5, 0.6) is 17.2 Å². The van der Waals surface area contributed by atoms with Crippen LogP contribution >= 0.6 is 0 Å². The highest BCUT2D eigenvalue weighted by Crippen LogP contribution is 2.33. The summed E-state index contributed by atoms with van der Waals surface area (Å²) in [6, 6.07) is 9.84. The van der Waals surface area contributed by atoms with Gasteiger partial charge in [-0.3, -0.25) is 4.79 Å². The fourth-order valence-corrected chi connectivity index (χ4v) is 2.49. The first-order valence-electron chi connectivity index (χ1n) is 8.16. The SMILES string of the molecule is CNC(=O)Nc1ccc(Oc2cc(C(N)=O)nc3cc(OC)ccc23)cc1F. The second-order valence-corrected chi connectivity index (χ2v) is 5.70. The molecule has 28 heavy (non-hydrogen) atoms. The molecule has 9 heteroatoms. The van der Waals surface area contributed by atoms with Crippen LogP contribution in [-0.4, -0.2) is 31.1 Å². The summed E-state index contributed by atoms with van der Waals surface area (Å²) in [6.07, 6.45) is 0. The number of halogens is 1. The molecule has 0 spiro atoms. The maximum absolute atomic E-state index is 14.2. The van der Waals surface area contributed by atoms with Gasteiger partial charge < -0.3 is 25.8 Å². The van der Waals surface area contributed by atoms with Gasteiger partial charge >= 0.3 is 6.03 Å². The summed E-state index contributed by atoms with van der Waals surface area (Å²) in [7, 11) is 2.93. The van der Waals surface area contributed by atoms with Crippen LogP contribution in [0.15, 0.2) is 42.5 Å². The van der Waals surface area contributed by atoms with Gasteiger partial charge in [0.05, 0.1) is 18.3 Å². The molecule has 0 fully saturated rings. The number of hydrogen-bond donors (Lipinski definition) is 3. The Labute approximate surface area is 159 Å². The summed E-state index contributed by atoms with van der Waals surface area (Å²) in [5.41, 5.74) is 5.77. The van der Waals surface area contributed by atoms with E-state index < -0.39 is 17.8 Å². The number of methoxy groups -OCH3 is 1. The molecule has 3 rings (SSSR count). The summed E-state index contributed by atoms with van der Waals surface area (Å²) in [6.45, 7) is 0. The highest BCUT2D eigenvalue weighted by atomic mass is 19.1. The molecule has 0 bridgehead atoms. The van der Waals surface area contributed by atoms with Crippen LogP contribution in [0.2, 0.25) is 0 Å². The van der Waals surface area contributed by atoms with E-state index >= 15 is 0 Å². The number of nitrogens with one attached hydrogen (secondary N) is 2. The molecule has 0 saturated heterocycles. The van der Waals surface area contributed by atoms with E-state index in [4.69, 9.17) is 15.2 Å². The van der Waals surface area contributed by atoms with Crippen molar-refractivity contribution in [2.75, 3.05) is 19.5 Å². The van der Waals surface area contributed by atoms with Crippen molar-refractivity contribution < 1.29 is 23.5 Å². The zero-order chi connectivity index (χ0) is 20.3. The van der Waals surface area contributed by atoms with E-state index in [1.54, 1.807) is 18.2 Å². The van der Waals surface area contributed by atoms with Crippen molar-refractivity contribution >= 4 is 28.5 Å². The zero-order valence-corrected chi connectivity index (χ0v) is 15.1. The van der Waals surface area contributed by atoms with Gasteiger partial charge in [-0.2, -0.15) is 0 Å². The van der Waals surface area contributed by atoms with Crippen molar-refractivity contribution in [1.29, 1.82) is 0 Å². The van der Waals surface area contributed by atoms with E-state index in [2.05, 4.69) is 15.6 Å². The Morgan fingerprint density at radius 3 is 2.50 bits per heavy atom. The number of rotatable bonds is 5. The van der Waals surface area contributed by atoms with Crippen molar-refractivity contribution in [3.05, 3.63) is 54.0 Å². The van der Waals surface area contributed by atoms with Gasteiger partial charge in [0.1, 0.15) is 28.8 Å². The highest BCUT2D eigenvalue weighted by Gasteiger charge is 2.14. The molecule has 3 amide bonds. The number of nitrogens with zero attached hydrogens (tertiary/aromatic N) is 1. The minimum atomic E-state index is -0.731. The van der Waals surface area contributed by atoms with Crippen LogP contribution in [0.1, 0.15) is 10.5 Å². The van der Waals surface area contributed by atoms with E-state index in [0.717, 1.165) is 6.07 Å². The number of urea groups is 1. The molecule has 144 valence electrons. The van der Waals surface area contributed by atoms with E-state index in [9.17, 15) is 14.0 Å². The van der Waals surface area contributed by atoms with Gasteiger partial charge in [-0.15, -0.1) is 0 Å². The van der Waals surface area contributed by atoms with E-state index in [1.807, 2.05) is 0 Å². The van der Waals surface area contributed by atoms with Crippen molar-refractivity contribution in [3.8, 4) is 17.2 Å². The number of amides is 3. The third kappa shape index (κ3) is 3.93. The topological polar surface area (TPSA) is 116 Å². The van der Waals surface area contributed by atoms with Crippen molar-refractivity contribution in [3.63, 3.8) is 0 Å². The standard InChI is InChI=1S/C19H17FN4O4/c1-22-19(26)24-14-6-4-11(7-13(14)20)28-17-9-16(18(21)25)23-15-8-10(27-2)3-5-12(15)17/h3-9H,1-2H3,(H2,21,25)(H2,22,24,26). The molecule has 2 aromatic carbocycles. The molecule has 0 atom stereocenters. The third-order valence-corrected chi connectivity index (χ3v) is 3.88. The number of ether oxygens (including phenoxy) is 2. The molecule has 0 unspecified atom stereocenters. The van der Waals surface area contributed by atoms with Gasteiger partial charge in [0.15, 0.2) is 0 Å². The van der Waals surface area contributed by atoms with Crippen molar-refractivity contribution in [2.45, 2.75) is 0 Å². The van der Waals surface area contributed by atoms with Crippen LogP contribution in [0, 0.1) is 5.82 Å². The molecule has 3 aromatic rings. The molecule has 8 nitrogen and oxygen atoms in total. The van der Waals surface area contributed by atoms with Gasteiger partial charge in [-0.05, 0) is 24.3 Å². The minimum absolute atomic E-state index is 0.00544. The zero-order valence-electron chi connectivity index (χ0n) is 15.1. The maximum Gasteiger partial charge on any atom is 0.319 e. The Morgan fingerprint density at radius 1 is 1.11 bits per heavy atom. The number of aromatic nitrogens is 1. The number of anilines is 1. The highest BCUT2D eigenvalue weighted by molar-refractivity contribution is 5.96. The lowest BCUT2D eigenvalue weighted by Crippen LogP contribution is -2.24. The monoisotopic (exact) mass is 384 g/mol. The first kappa shape index (κ1) is 18.9. The lowest BCUT2D eigenvalue weighted by Gasteiger charge is -2.12. The molecule has 4 N–H and O–H groups in total. The largest absolute Gasteiger partial charge is 0.497 e. The molecular weight excluding hydrogens is 367 g/mol. The first-order chi connectivity index (χ1) is 13.4. The van der Waals surface area contributed by atoms with Gasteiger partial charge in [0.2, 0.25) is 0 Å². The van der Waals surface area contributed by atoms with Gasteiger partial charge in [0.25, 0.3) is 5.91 Å². The van der Waals surface area contributed by atoms with E-state index in [1.165, 1.54) is 32.4 Å². The summed E-state index contributed by atoms with van der Waals surface area (Å²) < 4.78 is 25.2. The number of primary amides is 1. The second-order valence-electron chi connectivity index (χ2n) is 5.70. The van der Waals surface area contributed by atoms with Crippen molar-refractivity contribution in [1.82, 2.24) is 10.3 Å². The number of nitrogens with two attached hydrogens (primary N) is 1. The molecule has 0 aliphatic rings. The Kier molecular flexibility index (Phi) is 5.25. The summed E-state index contributed by atoms with van der Waals surface area (Å²) >= 11 is 0. The smallest absolute Gasteiger partial charge is 0.319 e. The Balaban J connectivity index is 2.00. The normalized spacial score (nSPS) is 10.4. The van der Waals surface area contributed by atoms with Crippen LogP contribution in [0.4, 0.5) is 14.9 Å². The number of benzene rings is 2. The summed E-state index contributed by atoms with van der Waals surface area (Å²) in [5, 5.41) is 5.27. The quantitative estimate of drug-likeness (QED) is 0.625.